The van der Waals surface area contributed by atoms with Gasteiger partial charge in [-0.3, -0.25) is 4.79 Å². The number of rotatable bonds is 3. The van der Waals surface area contributed by atoms with E-state index in [0.717, 1.165) is 0 Å². The minimum absolute atomic E-state index is 0.154. The number of aromatic amines is 1. The summed E-state index contributed by atoms with van der Waals surface area (Å²) in [5.74, 6) is 1.04. The number of benzene rings is 1. The number of H-pyrrole nitrogens is 1. The van der Waals surface area contributed by atoms with Gasteiger partial charge in [-0.1, -0.05) is 0 Å². The lowest BCUT2D eigenvalue weighted by Crippen LogP contribution is -2.08. The van der Waals surface area contributed by atoms with Gasteiger partial charge in [-0.15, -0.1) is 0 Å². The van der Waals surface area contributed by atoms with Crippen LogP contribution in [0.2, 0.25) is 0 Å². The molecule has 2 rings (SSSR count). The van der Waals surface area contributed by atoms with Crippen LogP contribution in [0, 0.1) is 0 Å². The molecule has 0 saturated heterocycles. The lowest BCUT2D eigenvalue weighted by molar-refractivity contribution is 0.373. The van der Waals surface area contributed by atoms with E-state index in [1.165, 1.54) is 13.4 Å². The van der Waals surface area contributed by atoms with Gasteiger partial charge in [-0.2, -0.15) is 0 Å². The zero-order chi connectivity index (χ0) is 13.1. The van der Waals surface area contributed by atoms with E-state index in [1.54, 1.807) is 18.2 Å². The van der Waals surface area contributed by atoms with E-state index in [4.69, 9.17) is 15.2 Å². The highest BCUT2D eigenvalue weighted by Gasteiger charge is 2.11. The molecule has 0 saturated carbocycles. The van der Waals surface area contributed by atoms with Gasteiger partial charge in [0.1, 0.15) is 4.47 Å². The first-order valence-corrected chi connectivity index (χ1v) is 5.75. The molecule has 94 valence electrons. The number of hydrogen-bond acceptors (Lipinski definition) is 5. The van der Waals surface area contributed by atoms with Crippen molar-refractivity contribution in [1.82, 2.24) is 9.97 Å². The third kappa shape index (κ3) is 2.45. The smallest absolute Gasteiger partial charge is 0.268 e. The minimum Gasteiger partial charge on any atom is -0.493 e. The highest BCUT2D eigenvalue weighted by Crippen LogP contribution is 2.33. The van der Waals surface area contributed by atoms with Crippen molar-refractivity contribution in [2.24, 2.45) is 0 Å². The average Bonchev–Trinajstić information content (AvgIpc) is 2.37. The minimum atomic E-state index is -0.325. The number of anilines is 1. The van der Waals surface area contributed by atoms with Crippen LogP contribution < -0.4 is 20.8 Å². The zero-order valence-electron chi connectivity index (χ0n) is 9.44. The molecule has 1 heterocycles. The summed E-state index contributed by atoms with van der Waals surface area (Å²) in [6, 6.07) is 4.93. The lowest BCUT2D eigenvalue weighted by atomic mass is 10.3. The summed E-state index contributed by atoms with van der Waals surface area (Å²) in [6.45, 7) is 0. The molecule has 7 heteroatoms. The van der Waals surface area contributed by atoms with E-state index < -0.39 is 0 Å². The average molecular weight is 312 g/mol. The Bertz CT molecular complexity index is 627. The standard InChI is InChI=1S/C11H10BrN3O3/c1-17-8-4-6(13)2-3-7(8)18-11-9(12)10(16)14-5-15-11/h2-5H,13H2,1H3,(H,14,15,16). The van der Waals surface area contributed by atoms with E-state index in [-0.39, 0.29) is 15.9 Å². The molecule has 2 aromatic rings. The lowest BCUT2D eigenvalue weighted by Gasteiger charge is -2.10. The van der Waals surface area contributed by atoms with Crippen LogP contribution in [0.3, 0.4) is 0 Å². The Kier molecular flexibility index (Phi) is 3.52. The van der Waals surface area contributed by atoms with Gasteiger partial charge in [0.15, 0.2) is 11.5 Å². The maximum atomic E-state index is 11.4. The van der Waals surface area contributed by atoms with Crippen LogP contribution in [-0.4, -0.2) is 17.1 Å². The largest absolute Gasteiger partial charge is 0.493 e. The second-order valence-electron chi connectivity index (χ2n) is 3.36. The van der Waals surface area contributed by atoms with Crippen molar-refractivity contribution in [2.45, 2.75) is 0 Å². The quantitative estimate of drug-likeness (QED) is 0.845. The fraction of sp³-hybridized carbons (Fsp3) is 0.0909. The van der Waals surface area contributed by atoms with Gasteiger partial charge in [0.25, 0.3) is 5.56 Å². The van der Waals surface area contributed by atoms with Crippen molar-refractivity contribution in [3.8, 4) is 17.4 Å². The molecule has 0 spiro atoms. The number of nitrogens with two attached hydrogens (primary N) is 1. The molecule has 0 aliphatic heterocycles. The number of methoxy groups -OCH3 is 1. The van der Waals surface area contributed by atoms with Gasteiger partial charge in [0, 0.05) is 11.8 Å². The molecule has 3 N–H and O–H groups in total. The molecule has 0 atom stereocenters. The van der Waals surface area contributed by atoms with E-state index in [0.29, 0.717) is 17.2 Å². The van der Waals surface area contributed by atoms with Crippen LogP contribution in [0.1, 0.15) is 0 Å². The van der Waals surface area contributed by atoms with Gasteiger partial charge >= 0.3 is 0 Å². The number of aromatic nitrogens is 2. The fourth-order valence-corrected chi connectivity index (χ4v) is 1.61. The van der Waals surface area contributed by atoms with Crippen molar-refractivity contribution >= 4 is 21.6 Å². The van der Waals surface area contributed by atoms with E-state index >= 15 is 0 Å². The van der Waals surface area contributed by atoms with Crippen LogP contribution in [0.15, 0.2) is 33.8 Å². The first-order chi connectivity index (χ1) is 8.61. The van der Waals surface area contributed by atoms with Crippen molar-refractivity contribution in [2.75, 3.05) is 12.8 Å². The molecule has 0 radical (unpaired) electrons. The summed E-state index contributed by atoms with van der Waals surface area (Å²) in [7, 11) is 1.50. The Hall–Kier alpha value is -2.02. The molecular weight excluding hydrogens is 302 g/mol. The van der Waals surface area contributed by atoms with E-state index in [1.807, 2.05) is 0 Å². The fourth-order valence-electron chi connectivity index (χ4n) is 1.31. The van der Waals surface area contributed by atoms with Crippen molar-refractivity contribution in [1.29, 1.82) is 0 Å². The Labute approximate surface area is 111 Å². The predicted molar refractivity (Wildman–Crippen MR) is 70.0 cm³/mol. The van der Waals surface area contributed by atoms with Crippen molar-refractivity contribution in [3.63, 3.8) is 0 Å². The Morgan fingerprint density at radius 1 is 1.39 bits per heavy atom. The van der Waals surface area contributed by atoms with Crippen LogP contribution in [0.5, 0.6) is 17.4 Å². The Morgan fingerprint density at radius 2 is 2.17 bits per heavy atom. The Morgan fingerprint density at radius 3 is 2.89 bits per heavy atom. The summed E-state index contributed by atoms with van der Waals surface area (Å²) in [5.41, 5.74) is 5.86. The molecule has 0 aliphatic carbocycles. The van der Waals surface area contributed by atoms with Gasteiger partial charge in [-0.05, 0) is 28.1 Å². The molecule has 1 aromatic heterocycles. The van der Waals surface area contributed by atoms with Crippen molar-refractivity contribution < 1.29 is 9.47 Å². The second-order valence-corrected chi connectivity index (χ2v) is 4.16. The highest BCUT2D eigenvalue weighted by atomic mass is 79.9. The number of nitrogens with one attached hydrogen (secondary N) is 1. The Balaban J connectivity index is 2.40. The number of nitrogens with zero attached hydrogens (tertiary/aromatic N) is 1. The molecule has 0 aliphatic rings. The normalized spacial score (nSPS) is 10.1. The van der Waals surface area contributed by atoms with Crippen LogP contribution >= 0.6 is 15.9 Å². The van der Waals surface area contributed by atoms with Crippen LogP contribution in [0.25, 0.3) is 0 Å². The summed E-state index contributed by atoms with van der Waals surface area (Å²) >= 11 is 3.10. The number of ether oxygens (including phenoxy) is 2. The maximum Gasteiger partial charge on any atom is 0.268 e. The summed E-state index contributed by atoms with van der Waals surface area (Å²) < 4.78 is 10.9. The van der Waals surface area contributed by atoms with Gasteiger partial charge in [0.2, 0.25) is 5.88 Å². The first-order valence-electron chi connectivity index (χ1n) is 4.96. The third-order valence-corrected chi connectivity index (χ3v) is 2.86. The van der Waals surface area contributed by atoms with Gasteiger partial charge in [-0.25, -0.2) is 4.98 Å². The number of halogens is 1. The summed E-state index contributed by atoms with van der Waals surface area (Å²) in [4.78, 5) is 17.7. The van der Waals surface area contributed by atoms with E-state index in [2.05, 4.69) is 25.9 Å². The summed E-state index contributed by atoms with van der Waals surface area (Å²) in [6.07, 6.45) is 1.26. The highest BCUT2D eigenvalue weighted by molar-refractivity contribution is 9.10. The zero-order valence-corrected chi connectivity index (χ0v) is 11.0. The van der Waals surface area contributed by atoms with Crippen LogP contribution in [0.4, 0.5) is 5.69 Å². The maximum absolute atomic E-state index is 11.4. The SMILES string of the molecule is COc1cc(N)ccc1Oc1nc[nH]c(=O)c1Br. The summed E-state index contributed by atoms with van der Waals surface area (Å²) in [5, 5.41) is 0. The number of hydrogen-bond donors (Lipinski definition) is 2. The van der Waals surface area contributed by atoms with Crippen molar-refractivity contribution in [3.05, 3.63) is 39.4 Å². The molecule has 0 bridgehead atoms. The molecule has 0 fully saturated rings. The molecule has 1 aromatic carbocycles. The van der Waals surface area contributed by atoms with Crippen LogP contribution in [-0.2, 0) is 0 Å². The monoisotopic (exact) mass is 311 g/mol. The molecule has 0 amide bonds. The third-order valence-electron chi connectivity index (χ3n) is 2.16. The molecule has 0 unspecified atom stereocenters. The van der Waals surface area contributed by atoms with E-state index in [9.17, 15) is 4.79 Å². The van der Waals surface area contributed by atoms with Gasteiger partial charge < -0.3 is 20.2 Å². The molecule has 18 heavy (non-hydrogen) atoms. The predicted octanol–water partition coefficient (Wildman–Crippen LogP) is 1.92. The molecule has 6 nitrogen and oxygen atoms in total. The molecular formula is C11H10BrN3O3. The van der Waals surface area contributed by atoms with Gasteiger partial charge in [0.05, 0.1) is 13.4 Å². The topological polar surface area (TPSA) is 90.2 Å². The first kappa shape index (κ1) is 12.4. The number of nitrogen functional groups attached to an aromatic ring is 1. The second kappa shape index (κ2) is 5.09.